The van der Waals surface area contributed by atoms with Gasteiger partial charge in [-0.05, 0) is 25.2 Å². The van der Waals surface area contributed by atoms with E-state index in [2.05, 4.69) is 5.32 Å². The number of nitrogens with one attached hydrogen (secondary N) is 1. The molecular formula is C13H16ClNO3. The quantitative estimate of drug-likeness (QED) is 0.830. The highest BCUT2D eigenvalue weighted by molar-refractivity contribution is 6.32. The highest BCUT2D eigenvalue weighted by Crippen LogP contribution is 2.27. The van der Waals surface area contributed by atoms with Crippen LogP contribution in [0.5, 0.6) is 5.75 Å². The minimum atomic E-state index is 0.00940. The molecule has 4 nitrogen and oxygen atoms in total. The smallest absolute Gasteiger partial charge is 0.176 e. The number of hydrogen-bond donors (Lipinski definition) is 1. The maximum atomic E-state index is 11.7. The molecule has 1 unspecified atom stereocenters. The average molecular weight is 270 g/mol. The molecule has 0 aliphatic carbocycles. The molecule has 1 aromatic rings. The van der Waals surface area contributed by atoms with E-state index in [-0.39, 0.29) is 11.9 Å². The number of Topliss-reactive ketones (excluding diaryl/α,β-unsaturated/α-hetero) is 1. The van der Waals surface area contributed by atoms with E-state index in [0.29, 0.717) is 29.5 Å². The van der Waals surface area contributed by atoms with E-state index in [1.807, 2.05) is 0 Å². The molecule has 0 spiro atoms. The summed E-state index contributed by atoms with van der Waals surface area (Å²) in [5, 5.41) is 3.28. The van der Waals surface area contributed by atoms with Gasteiger partial charge >= 0.3 is 0 Å². The van der Waals surface area contributed by atoms with Crippen molar-refractivity contribution in [3.05, 3.63) is 28.8 Å². The van der Waals surface area contributed by atoms with Crippen LogP contribution < -0.4 is 10.1 Å². The van der Waals surface area contributed by atoms with E-state index in [1.54, 1.807) is 25.2 Å². The molecule has 98 valence electrons. The summed E-state index contributed by atoms with van der Waals surface area (Å²) >= 11 is 6.11. The van der Waals surface area contributed by atoms with E-state index >= 15 is 0 Å². The van der Waals surface area contributed by atoms with Crippen LogP contribution in [-0.2, 0) is 4.74 Å². The SMILES string of the molecule is CNCC(=O)c1ccc(OC2CCOC2)c(Cl)c1. The summed E-state index contributed by atoms with van der Waals surface area (Å²) in [5.74, 6) is 0.614. The Bertz CT molecular complexity index is 430. The Labute approximate surface area is 111 Å². The Balaban J connectivity index is 2.06. The molecule has 1 fully saturated rings. The van der Waals surface area contributed by atoms with Crippen molar-refractivity contribution in [2.45, 2.75) is 12.5 Å². The number of likely N-dealkylation sites (N-methyl/N-ethyl adjacent to an activating group) is 1. The standard InChI is InChI=1S/C13H16ClNO3/c1-15-7-12(16)9-2-3-13(11(14)6-9)18-10-4-5-17-8-10/h2-3,6,10,15H,4-5,7-8H2,1H3. The van der Waals surface area contributed by atoms with Crippen LogP contribution in [-0.4, -0.2) is 38.7 Å². The molecule has 1 aliphatic heterocycles. The van der Waals surface area contributed by atoms with Gasteiger partial charge in [-0.3, -0.25) is 4.79 Å². The summed E-state index contributed by atoms with van der Waals surface area (Å²) in [5.41, 5.74) is 0.587. The van der Waals surface area contributed by atoms with Crippen LogP contribution in [0.4, 0.5) is 0 Å². The van der Waals surface area contributed by atoms with Crippen LogP contribution in [0.2, 0.25) is 5.02 Å². The first-order valence-corrected chi connectivity index (χ1v) is 6.30. The molecule has 1 heterocycles. The molecule has 1 saturated heterocycles. The fourth-order valence-electron chi connectivity index (χ4n) is 1.82. The summed E-state index contributed by atoms with van der Waals surface area (Å²) in [7, 11) is 1.73. The first-order valence-electron chi connectivity index (χ1n) is 5.92. The normalized spacial score (nSPS) is 18.9. The van der Waals surface area contributed by atoms with Gasteiger partial charge in [0.05, 0.1) is 24.8 Å². The molecule has 0 amide bonds. The van der Waals surface area contributed by atoms with E-state index < -0.39 is 0 Å². The van der Waals surface area contributed by atoms with E-state index in [0.717, 1.165) is 13.0 Å². The largest absolute Gasteiger partial charge is 0.486 e. The summed E-state index contributed by atoms with van der Waals surface area (Å²) in [6.45, 7) is 1.62. The van der Waals surface area contributed by atoms with Crippen LogP contribution >= 0.6 is 11.6 Å². The lowest BCUT2D eigenvalue weighted by atomic mass is 10.1. The molecular weight excluding hydrogens is 254 g/mol. The highest BCUT2D eigenvalue weighted by atomic mass is 35.5. The summed E-state index contributed by atoms with van der Waals surface area (Å²) in [6.07, 6.45) is 0.929. The number of carbonyl (C=O) groups excluding carboxylic acids is 1. The third kappa shape index (κ3) is 3.22. The summed E-state index contributed by atoms with van der Waals surface area (Å²) in [6, 6.07) is 5.12. The molecule has 1 N–H and O–H groups in total. The molecule has 1 aliphatic rings. The molecule has 5 heteroatoms. The van der Waals surface area contributed by atoms with Crippen LogP contribution in [0, 0.1) is 0 Å². The van der Waals surface area contributed by atoms with Crippen LogP contribution in [0.25, 0.3) is 0 Å². The number of benzene rings is 1. The molecule has 2 rings (SSSR count). The topological polar surface area (TPSA) is 47.6 Å². The number of carbonyl (C=O) groups is 1. The van der Waals surface area contributed by atoms with Crippen molar-refractivity contribution in [3.8, 4) is 5.75 Å². The Morgan fingerprint density at radius 2 is 2.44 bits per heavy atom. The van der Waals surface area contributed by atoms with Gasteiger partial charge < -0.3 is 14.8 Å². The van der Waals surface area contributed by atoms with Gasteiger partial charge in [-0.2, -0.15) is 0 Å². The number of ketones is 1. The van der Waals surface area contributed by atoms with Crippen LogP contribution in [0.3, 0.4) is 0 Å². The van der Waals surface area contributed by atoms with Gasteiger partial charge in [0.1, 0.15) is 11.9 Å². The van der Waals surface area contributed by atoms with Gasteiger partial charge in [-0.15, -0.1) is 0 Å². The predicted molar refractivity (Wildman–Crippen MR) is 69.6 cm³/mol. The van der Waals surface area contributed by atoms with Gasteiger partial charge in [-0.1, -0.05) is 11.6 Å². The van der Waals surface area contributed by atoms with Crippen molar-refractivity contribution in [1.82, 2.24) is 5.32 Å². The molecule has 1 atom stereocenters. The second-order valence-electron chi connectivity index (χ2n) is 4.20. The Hall–Kier alpha value is -1.10. The van der Waals surface area contributed by atoms with Crippen molar-refractivity contribution >= 4 is 17.4 Å². The third-order valence-corrected chi connectivity index (χ3v) is 3.07. The van der Waals surface area contributed by atoms with Crippen molar-refractivity contribution in [1.29, 1.82) is 0 Å². The number of hydrogen-bond acceptors (Lipinski definition) is 4. The van der Waals surface area contributed by atoms with Gasteiger partial charge in [0, 0.05) is 12.0 Å². The minimum absolute atomic E-state index is 0.00940. The molecule has 0 saturated carbocycles. The second-order valence-corrected chi connectivity index (χ2v) is 4.61. The van der Waals surface area contributed by atoms with Crippen molar-refractivity contribution < 1.29 is 14.3 Å². The van der Waals surface area contributed by atoms with Crippen LogP contribution in [0.15, 0.2) is 18.2 Å². The van der Waals surface area contributed by atoms with E-state index in [4.69, 9.17) is 21.1 Å². The highest BCUT2D eigenvalue weighted by Gasteiger charge is 2.18. The predicted octanol–water partition coefficient (Wildman–Crippen LogP) is 1.91. The molecule has 0 bridgehead atoms. The molecule has 1 aromatic carbocycles. The fraction of sp³-hybridized carbons (Fsp3) is 0.462. The lowest BCUT2D eigenvalue weighted by molar-refractivity contribution is 0.0993. The summed E-state index contributed by atoms with van der Waals surface area (Å²) in [4.78, 5) is 11.7. The Morgan fingerprint density at radius 3 is 3.06 bits per heavy atom. The Morgan fingerprint density at radius 1 is 1.61 bits per heavy atom. The van der Waals surface area contributed by atoms with E-state index in [9.17, 15) is 4.79 Å². The van der Waals surface area contributed by atoms with Gasteiger partial charge in [0.2, 0.25) is 0 Å². The zero-order valence-electron chi connectivity index (χ0n) is 10.2. The maximum absolute atomic E-state index is 11.7. The van der Waals surface area contributed by atoms with Crippen molar-refractivity contribution in [3.63, 3.8) is 0 Å². The zero-order chi connectivity index (χ0) is 13.0. The molecule has 18 heavy (non-hydrogen) atoms. The molecule has 0 aromatic heterocycles. The van der Waals surface area contributed by atoms with E-state index in [1.165, 1.54) is 0 Å². The third-order valence-electron chi connectivity index (χ3n) is 2.77. The second kappa shape index (κ2) is 6.18. The van der Waals surface area contributed by atoms with Crippen molar-refractivity contribution in [2.75, 3.05) is 26.8 Å². The van der Waals surface area contributed by atoms with Gasteiger partial charge in [-0.25, -0.2) is 0 Å². The van der Waals surface area contributed by atoms with Gasteiger partial charge in [0.15, 0.2) is 5.78 Å². The number of ether oxygens (including phenoxy) is 2. The van der Waals surface area contributed by atoms with Crippen molar-refractivity contribution in [2.24, 2.45) is 0 Å². The monoisotopic (exact) mass is 269 g/mol. The maximum Gasteiger partial charge on any atom is 0.176 e. The first kappa shape index (κ1) is 13.3. The number of halogens is 1. The number of rotatable bonds is 5. The Kier molecular flexibility index (Phi) is 4.58. The minimum Gasteiger partial charge on any atom is -0.486 e. The zero-order valence-corrected chi connectivity index (χ0v) is 11.0. The lowest BCUT2D eigenvalue weighted by Crippen LogP contribution is -2.19. The molecule has 0 radical (unpaired) electrons. The first-order chi connectivity index (χ1) is 8.70. The lowest BCUT2D eigenvalue weighted by Gasteiger charge is -2.13. The van der Waals surface area contributed by atoms with Crippen LogP contribution in [0.1, 0.15) is 16.8 Å². The van der Waals surface area contributed by atoms with Gasteiger partial charge in [0.25, 0.3) is 0 Å². The summed E-state index contributed by atoms with van der Waals surface area (Å²) < 4.78 is 10.9. The fourth-order valence-corrected chi connectivity index (χ4v) is 2.04. The average Bonchev–Trinajstić information content (AvgIpc) is 2.85.